The first-order valence-electron chi connectivity index (χ1n) is 7.67. The summed E-state index contributed by atoms with van der Waals surface area (Å²) in [6.45, 7) is 0. The van der Waals surface area contributed by atoms with E-state index in [0.717, 1.165) is 16.8 Å². The Balaban J connectivity index is 1.74. The Bertz CT molecular complexity index is 943. The van der Waals surface area contributed by atoms with E-state index in [4.69, 9.17) is 12.2 Å². The van der Waals surface area contributed by atoms with Gasteiger partial charge in [0.05, 0.1) is 17.6 Å². The van der Waals surface area contributed by atoms with E-state index in [2.05, 4.69) is 15.1 Å². The van der Waals surface area contributed by atoms with Crippen molar-refractivity contribution in [3.8, 4) is 0 Å². The van der Waals surface area contributed by atoms with Crippen LogP contribution in [0.2, 0.25) is 0 Å². The predicted octanol–water partition coefficient (Wildman–Crippen LogP) is 2.41. The summed E-state index contributed by atoms with van der Waals surface area (Å²) in [5.74, 6) is -1.33. The number of rotatable bonds is 4. The van der Waals surface area contributed by atoms with E-state index in [0.29, 0.717) is 21.6 Å². The van der Waals surface area contributed by atoms with Crippen molar-refractivity contribution in [1.82, 2.24) is 15.4 Å². The van der Waals surface area contributed by atoms with E-state index in [9.17, 15) is 14.4 Å². The highest BCUT2D eigenvalue weighted by Crippen LogP contribution is 2.31. The Morgan fingerprint density at radius 1 is 1.15 bits per heavy atom. The number of hydrogen-bond donors (Lipinski definition) is 1. The number of esters is 1. The van der Waals surface area contributed by atoms with Crippen molar-refractivity contribution in [2.24, 2.45) is 0 Å². The summed E-state index contributed by atoms with van der Waals surface area (Å²) in [5, 5.41) is 1.04. The van der Waals surface area contributed by atoms with Gasteiger partial charge in [-0.2, -0.15) is 5.01 Å². The molecule has 0 saturated carbocycles. The highest BCUT2D eigenvalue weighted by molar-refractivity contribution is 8.26. The molecule has 0 unspecified atom stereocenters. The summed E-state index contributed by atoms with van der Waals surface area (Å²) in [7, 11) is 1.31. The number of thioether (sulfide) groups is 1. The molecule has 3 rings (SSSR count). The molecule has 0 bridgehead atoms. The van der Waals surface area contributed by atoms with Crippen molar-refractivity contribution >= 4 is 52.2 Å². The van der Waals surface area contributed by atoms with Gasteiger partial charge < -0.3 is 4.74 Å². The topological polar surface area (TPSA) is 88.6 Å². The van der Waals surface area contributed by atoms with E-state index in [-0.39, 0.29) is 4.32 Å². The molecule has 9 heteroatoms. The maximum absolute atomic E-state index is 12.6. The summed E-state index contributed by atoms with van der Waals surface area (Å²) in [5.41, 5.74) is 3.98. The number of methoxy groups -OCH3 is 1. The summed E-state index contributed by atoms with van der Waals surface area (Å²) in [6.07, 6.45) is 4.60. The number of carbonyl (C=O) groups is 3. The highest BCUT2D eigenvalue weighted by atomic mass is 32.2. The van der Waals surface area contributed by atoms with Gasteiger partial charge in [0.25, 0.3) is 11.8 Å². The zero-order valence-electron chi connectivity index (χ0n) is 14.0. The molecule has 0 aliphatic carbocycles. The van der Waals surface area contributed by atoms with Gasteiger partial charge in [0.1, 0.15) is 0 Å². The van der Waals surface area contributed by atoms with Crippen LogP contribution in [0, 0.1) is 0 Å². The van der Waals surface area contributed by atoms with Gasteiger partial charge in [-0.05, 0) is 48.1 Å². The van der Waals surface area contributed by atoms with Gasteiger partial charge in [-0.15, -0.1) is 0 Å². The number of thiocarbonyl (C=S) groups is 1. The third-order valence-electron chi connectivity index (χ3n) is 3.58. The molecule has 2 heterocycles. The number of hydrogen-bond acceptors (Lipinski definition) is 7. The lowest BCUT2D eigenvalue weighted by molar-refractivity contribution is -0.123. The average Bonchev–Trinajstić information content (AvgIpc) is 2.96. The molecule has 1 saturated heterocycles. The number of benzene rings is 1. The summed E-state index contributed by atoms with van der Waals surface area (Å²) in [6, 6.07) is 9.65. The monoisotopic (exact) mass is 399 g/mol. The minimum absolute atomic E-state index is 0.222. The van der Waals surface area contributed by atoms with Crippen molar-refractivity contribution < 1.29 is 19.1 Å². The number of carbonyl (C=O) groups excluding carboxylic acids is 3. The van der Waals surface area contributed by atoms with Crippen molar-refractivity contribution in [1.29, 1.82) is 0 Å². The van der Waals surface area contributed by atoms with Crippen LogP contribution in [0.15, 0.2) is 53.7 Å². The normalized spacial score (nSPS) is 15.1. The fraction of sp³-hybridized carbons (Fsp3) is 0.0556. The standard InChI is InChI=1S/C18H13N3O4S2/c1-25-17(24)13-4-2-11(3-5-13)10-14-16(23)21(18(26)27-14)20-15(22)12-6-8-19-9-7-12/h2-10H,1H3,(H,20,22)/b14-10-. The largest absolute Gasteiger partial charge is 0.465 e. The lowest BCUT2D eigenvalue weighted by Gasteiger charge is -2.15. The van der Waals surface area contributed by atoms with E-state index in [1.54, 1.807) is 30.3 Å². The van der Waals surface area contributed by atoms with Gasteiger partial charge in [-0.3, -0.25) is 20.0 Å². The van der Waals surface area contributed by atoms with Crippen LogP contribution in [0.4, 0.5) is 0 Å². The third kappa shape index (κ3) is 4.21. The first-order chi connectivity index (χ1) is 13.0. The van der Waals surface area contributed by atoms with E-state index < -0.39 is 17.8 Å². The second-order valence-corrected chi connectivity index (χ2v) is 6.98. The number of nitrogens with zero attached hydrogens (tertiary/aromatic N) is 2. The van der Waals surface area contributed by atoms with Crippen LogP contribution in [0.1, 0.15) is 26.3 Å². The van der Waals surface area contributed by atoms with Crippen LogP contribution >= 0.6 is 24.0 Å². The Labute approximate surface area is 164 Å². The fourth-order valence-corrected chi connectivity index (χ4v) is 3.40. The fourth-order valence-electron chi connectivity index (χ4n) is 2.22. The van der Waals surface area contributed by atoms with E-state index in [1.807, 2.05) is 0 Å². The van der Waals surface area contributed by atoms with Crippen molar-refractivity contribution in [3.63, 3.8) is 0 Å². The molecule has 0 atom stereocenters. The molecule has 1 aromatic heterocycles. The Morgan fingerprint density at radius 2 is 1.81 bits per heavy atom. The van der Waals surface area contributed by atoms with E-state index in [1.165, 1.54) is 31.6 Å². The Hall–Kier alpha value is -3.04. The minimum atomic E-state index is -0.461. The summed E-state index contributed by atoms with van der Waals surface area (Å²) in [4.78, 5) is 40.4. The lowest BCUT2D eigenvalue weighted by Crippen LogP contribution is -2.44. The number of ether oxygens (including phenoxy) is 1. The first kappa shape index (κ1) is 18.7. The maximum atomic E-state index is 12.6. The van der Waals surface area contributed by atoms with Crippen molar-refractivity contribution in [3.05, 3.63) is 70.4 Å². The molecule has 2 amide bonds. The molecule has 2 aromatic rings. The number of aromatic nitrogens is 1. The molecular weight excluding hydrogens is 386 g/mol. The molecule has 1 aliphatic heterocycles. The number of nitrogens with one attached hydrogen (secondary N) is 1. The van der Waals surface area contributed by atoms with Crippen LogP contribution in [0.25, 0.3) is 6.08 Å². The van der Waals surface area contributed by atoms with Gasteiger partial charge in [-0.25, -0.2) is 4.79 Å². The predicted molar refractivity (Wildman–Crippen MR) is 104 cm³/mol. The third-order valence-corrected chi connectivity index (χ3v) is 4.88. The molecule has 1 aromatic carbocycles. The maximum Gasteiger partial charge on any atom is 0.337 e. The molecule has 1 aliphatic rings. The molecule has 27 heavy (non-hydrogen) atoms. The molecule has 0 radical (unpaired) electrons. The van der Waals surface area contributed by atoms with Crippen molar-refractivity contribution in [2.45, 2.75) is 0 Å². The number of pyridine rings is 1. The van der Waals surface area contributed by atoms with Gasteiger partial charge in [0.2, 0.25) is 0 Å². The Morgan fingerprint density at radius 3 is 2.44 bits per heavy atom. The highest BCUT2D eigenvalue weighted by Gasteiger charge is 2.33. The minimum Gasteiger partial charge on any atom is -0.465 e. The molecule has 1 N–H and O–H groups in total. The SMILES string of the molecule is COC(=O)c1ccc(/C=C2\SC(=S)N(NC(=O)c3ccncc3)C2=O)cc1. The second-order valence-electron chi connectivity index (χ2n) is 5.31. The molecule has 1 fully saturated rings. The zero-order valence-corrected chi connectivity index (χ0v) is 15.7. The van der Waals surface area contributed by atoms with Crippen LogP contribution in [0.3, 0.4) is 0 Å². The molecular formula is C18H13N3O4S2. The Kier molecular flexibility index (Phi) is 5.63. The van der Waals surface area contributed by atoms with Gasteiger partial charge in [0, 0.05) is 18.0 Å². The lowest BCUT2D eigenvalue weighted by atomic mass is 10.1. The van der Waals surface area contributed by atoms with Gasteiger partial charge >= 0.3 is 5.97 Å². The smallest absolute Gasteiger partial charge is 0.337 e. The van der Waals surface area contributed by atoms with E-state index >= 15 is 0 Å². The van der Waals surface area contributed by atoms with Crippen LogP contribution in [-0.4, -0.2) is 39.2 Å². The van der Waals surface area contributed by atoms with Crippen LogP contribution < -0.4 is 5.43 Å². The van der Waals surface area contributed by atoms with Crippen LogP contribution in [-0.2, 0) is 9.53 Å². The number of hydrazine groups is 1. The summed E-state index contributed by atoms with van der Waals surface area (Å²) >= 11 is 6.27. The first-order valence-corrected chi connectivity index (χ1v) is 8.89. The molecule has 7 nitrogen and oxygen atoms in total. The summed E-state index contributed by atoms with van der Waals surface area (Å²) < 4.78 is 4.87. The van der Waals surface area contributed by atoms with Crippen LogP contribution in [0.5, 0.6) is 0 Å². The molecule has 136 valence electrons. The number of amides is 2. The van der Waals surface area contributed by atoms with Gasteiger partial charge in [-0.1, -0.05) is 23.9 Å². The zero-order chi connectivity index (χ0) is 19.4. The average molecular weight is 399 g/mol. The second kappa shape index (κ2) is 8.11. The quantitative estimate of drug-likeness (QED) is 0.480. The molecule has 0 spiro atoms. The van der Waals surface area contributed by atoms with Crippen molar-refractivity contribution in [2.75, 3.05) is 7.11 Å². The van der Waals surface area contributed by atoms with Gasteiger partial charge in [0.15, 0.2) is 4.32 Å².